The molecule has 3 nitrogen and oxygen atoms in total. The molecule has 0 radical (unpaired) electrons. The predicted molar refractivity (Wildman–Crippen MR) is 86.9 cm³/mol. The second-order valence-corrected chi connectivity index (χ2v) is 6.93. The molecule has 0 aromatic carbocycles. The number of nitrogens with one attached hydrogen (secondary N) is 1. The first-order valence-corrected chi connectivity index (χ1v) is 8.55. The van der Waals surface area contributed by atoms with Gasteiger partial charge in [0.05, 0.1) is 16.8 Å². The van der Waals surface area contributed by atoms with Gasteiger partial charge in [-0.2, -0.15) is 0 Å². The van der Waals surface area contributed by atoms with Crippen LogP contribution in [0.5, 0.6) is 0 Å². The zero-order valence-electron chi connectivity index (χ0n) is 12.9. The van der Waals surface area contributed by atoms with Crippen LogP contribution in [0.3, 0.4) is 0 Å². The normalized spacial score (nSPS) is 20.2. The maximum atomic E-state index is 5.82. The highest BCUT2D eigenvalue weighted by Gasteiger charge is 2.44. The van der Waals surface area contributed by atoms with Gasteiger partial charge in [-0.15, -0.1) is 0 Å². The Kier molecular flexibility index (Phi) is 5.70. The van der Waals surface area contributed by atoms with Crippen LogP contribution < -0.4 is 5.32 Å². The second kappa shape index (κ2) is 7.10. The average Bonchev–Trinajstić information content (AvgIpc) is 2.86. The molecule has 1 N–H and O–H groups in total. The Morgan fingerprint density at radius 1 is 1.35 bits per heavy atom. The van der Waals surface area contributed by atoms with Crippen molar-refractivity contribution in [2.75, 3.05) is 20.6 Å². The molecule has 4 heteroatoms. The molecular formula is C16H27BrN2O. The summed E-state index contributed by atoms with van der Waals surface area (Å²) in [6.07, 6.45) is 9.35. The smallest absolute Gasteiger partial charge is 0.136 e. The summed E-state index contributed by atoms with van der Waals surface area (Å²) in [5.41, 5.74) is 0.161. The molecule has 1 aromatic rings. The fraction of sp³-hybridized carbons (Fsp3) is 0.750. The van der Waals surface area contributed by atoms with E-state index < -0.39 is 0 Å². The molecule has 1 heterocycles. The second-order valence-electron chi connectivity index (χ2n) is 6.08. The lowest BCUT2D eigenvalue weighted by Crippen LogP contribution is -2.55. The van der Waals surface area contributed by atoms with Crippen molar-refractivity contribution in [3.8, 4) is 0 Å². The van der Waals surface area contributed by atoms with Crippen molar-refractivity contribution in [2.24, 2.45) is 0 Å². The largest absolute Gasteiger partial charge is 0.466 e. The molecule has 0 saturated heterocycles. The zero-order valence-corrected chi connectivity index (χ0v) is 14.5. The van der Waals surface area contributed by atoms with Crippen LogP contribution in [0.25, 0.3) is 0 Å². The number of halogens is 1. The average molecular weight is 343 g/mol. The molecule has 0 amide bonds. The van der Waals surface area contributed by atoms with Gasteiger partial charge >= 0.3 is 0 Å². The van der Waals surface area contributed by atoms with Crippen molar-refractivity contribution in [1.82, 2.24) is 10.2 Å². The molecule has 0 spiro atoms. The summed E-state index contributed by atoms with van der Waals surface area (Å²) >= 11 is 3.65. The van der Waals surface area contributed by atoms with E-state index in [-0.39, 0.29) is 11.6 Å². The SMILES string of the molecule is CCCNC(c1occc1Br)C1(N(C)C)CCCCC1. The summed E-state index contributed by atoms with van der Waals surface area (Å²) in [5, 5.41) is 3.74. The Bertz CT molecular complexity index is 410. The third-order valence-corrected chi connectivity index (χ3v) is 5.31. The topological polar surface area (TPSA) is 28.4 Å². The van der Waals surface area contributed by atoms with Crippen LogP contribution in [-0.4, -0.2) is 31.1 Å². The van der Waals surface area contributed by atoms with Gasteiger partial charge in [0.15, 0.2) is 0 Å². The van der Waals surface area contributed by atoms with Crippen LogP contribution in [0.15, 0.2) is 21.2 Å². The molecule has 1 atom stereocenters. The van der Waals surface area contributed by atoms with E-state index in [1.165, 1.54) is 32.1 Å². The van der Waals surface area contributed by atoms with Crippen LogP contribution in [-0.2, 0) is 0 Å². The molecule has 20 heavy (non-hydrogen) atoms. The number of hydrogen-bond acceptors (Lipinski definition) is 3. The molecule has 1 unspecified atom stereocenters. The van der Waals surface area contributed by atoms with E-state index in [9.17, 15) is 0 Å². The van der Waals surface area contributed by atoms with Crippen molar-refractivity contribution in [1.29, 1.82) is 0 Å². The van der Waals surface area contributed by atoms with Crippen molar-refractivity contribution >= 4 is 15.9 Å². The Hall–Kier alpha value is -0.320. The van der Waals surface area contributed by atoms with Gasteiger partial charge in [0, 0.05) is 5.54 Å². The minimum Gasteiger partial charge on any atom is -0.466 e. The number of furan rings is 1. The van der Waals surface area contributed by atoms with Crippen molar-refractivity contribution in [2.45, 2.75) is 57.0 Å². The maximum absolute atomic E-state index is 5.82. The zero-order chi connectivity index (χ0) is 14.6. The molecule has 1 saturated carbocycles. The van der Waals surface area contributed by atoms with E-state index in [4.69, 9.17) is 4.42 Å². The van der Waals surface area contributed by atoms with Gasteiger partial charge in [-0.3, -0.25) is 0 Å². The van der Waals surface area contributed by atoms with Crippen LogP contribution in [0.1, 0.15) is 57.3 Å². The monoisotopic (exact) mass is 342 g/mol. The van der Waals surface area contributed by atoms with Crippen LogP contribution >= 0.6 is 15.9 Å². The number of hydrogen-bond donors (Lipinski definition) is 1. The molecule has 1 aliphatic carbocycles. The highest BCUT2D eigenvalue weighted by Crippen LogP contribution is 2.43. The molecule has 1 aliphatic rings. The molecule has 2 rings (SSSR count). The van der Waals surface area contributed by atoms with E-state index in [2.05, 4.69) is 47.2 Å². The highest BCUT2D eigenvalue weighted by atomic mass is 79.9. The first-order valence-electron chi connectivity index (χ1n) is 7.75. The van der Waals surface area contributed by atoms with Crippen molar-refractivity contribution in [3.63, 3.8) is 0 Å². The van der Waals surface area contributed by atoms with E-state index in [1.807, 2.05) is 6.07 Å². The number of likely N-dealkylation sites (N-methyl/N-ethyl adjacent to an activating group) is 1. The first kappa shape index (κ1) is 16.1. The lowest BCUT2D eigenvalue weighted by atomic mass is 9.74. The Morgan fingerprint density at radius 2 is 2.05 bits per heavy atom. The van der Waals surface area contributed by atoms with Gasteiger partial charge in [-0.25, -0.2) is 0 Å². The quantitative estimate of drug-likeness (QED) is 0.833. The van der Waals surface area contributed by atoms with E-state index >= 15 is 0 Å². The first-order chi connectivity index (χ1) is 9.62. The van der Waals surface area contributed by atoms with E-state index in [1.54, 1.807) is 6.26 Å². The lowest BCUT2D eigenvalue weighted by molar-refractivity contribution is 0.0476. The number of rotatable bonds is 6. The third kappa shape index (κ3) is 3.12. The summed E-state index contributed by atoms with van der Waals surface area (Å²) in [6.45, 7) is 3.23. The fourth-order valence-corrected chi connectivity index (χ4v) is 3.92. The summed E-state index contributed by atoms with van der Waals surface area (Å²) in [7, 11) is 4.42. The van der Waals surface area contributed by atoms with Crippen LogP contribution in [0.4, 0.5) is 0 Å². The van der Waals surface area contributed by atoms with Gasteiger partial charge in [0.25, 0.3) is 0 Å². The molecule has 0 aliphatic heterocycles. The Balaban J connectivity index is 2.34. The van der Waals surface area contributed by atoms with Gasteiger partial charge in [-0.05, 0) is 61.9 Å². The molecular weight excluding hydrogens is 316 g/mol. The molecule has 114 valence electrons. The van der Waals surface area contributed by atoms with Crippen molar-refractivity contribution < 1.29 is 4.42 Å². The standard InChI is InChI=1S/C16H27BrN2O/c1-4-11-18-15(14-13(17)8-12-20-14)16(19(2)3)9-6-5-7-10-16/h8,12,15,18H,4-7,9-11H2,1-3H3. The maximum Gasteiger partial charge on any atom is 0.136 e. The molecule has 1 aromatic heterocycles. The summed E-state index contributed by atoms with van der Waals surface area (Å²) in [4.78, 5) is 2.41. The van der Waals surface area contributed by atoms with Crippen LogP contribution in [0.2, 0.25) is 0 Å². The lowest BCUT2D eigenvalue weighted by Gasteiger charge is -2.48. The molecule has 0 bridgehead atoms. The highest BCUT2D eigenvalue weighted by molar-refractivity contribution is 9.10. The van der Waals surface area contributed by atoms with Gasteiger partial charge in [0.1, 0.15) is 5.76 Å². The van der Waals surface area contributed by atoms with Gasteiger partial charge in [-0.1, -0.05) is 26.2 Å². The van der Waals surface area contributed by atoms with Crippen LogP contribution in [0, 0.1) is 0 Å². The summed E-state index contributed by atoms with van der Waals surface area (Å²) in [5.74, 6) is 1.05. The Morgan fingerprint density at radius 3 is 2.55 bits per heavy atom. The summed E-state index contributed by atoms with van der Waals surface area (Å²) < 4.78 is 6.90. The van der Waals surface area contributed by atoms with E-state index in [0.717, 1.165) is 23.2 Å². The predicted octanol–water partition coefficient (Wildman–Crippen LogP) is 4.35. The molecule has 1 fully saturated rings. The fourth-order valence-electron chi connectivity index (χ4n) is 3.48. The minimum atomic E-state index is 0.161. The number of nitrogens with zero attached hydrogens (tertiary/aromatic N) is 1. The van der Waals surface area contributed by atoms with Crippen molar-refractivity contribution in [3.05, 3.63) is 22.6 Å². The summed E-state index contributed by atoms with van der Waals surface area (Å²) in [6, 6.07) is 2.25. The third-order valence-electron chi connectivity index (χ3n) is 4.65. The Labute approximate surface area is 131 Å². The minimum absolute atomic E-state index is 0.161. The van der Waals surface area contributed by atoms with E-state index in [0.29, 0.717) is 0 Å². The van der Waals surface area contributed by atoms with Gasteiger partial charge in [0.2, 0.25) is 0 Å². The van der Waals surface area contributed by atoms with Gasteiger partial charge < -0.3 is 14.6 Å².